The van der Waals surface area contributed by atoms with Crippen molar-refractivity contribution in [2.24, 2.45) is 0 Å². The molecule has 2 aromatic rings. The maximum absolute atomic E-state index is 10.1. The topological polar surface area (TPSA) is 76.0 Å². The van der Waals surface area contributed by atoms with Gasteiger partial charge in [-0.25, -0.2) is 4.57 Å². The molecule has 0 unspecified atom stereocenters. The summed E-state index contributed by atoms with van der Waals surface area (Å²) in [6, 6.07) is 20.8. The van der Waals surface area contributed by atoms with E-state index >= 15 is 0 Å². The van der Waals surface area contributed by atoms with Crippen LogP contribution < -0.4 is 0 Å². The predicted octanol–water partition coefficient (Wildman–Crippen LogP) is 4.00. The van der Waals surface area contributed by atoms with E-state index in [0.717, 1.165) is 0 Å². The summed E-state index contributed by atoms with van der Waals surface area (Å²) in [6.07, 6.45) is 3.08. The minimum absolute atomic E-state index is 0.116. The molecule has 6 heteroatoms. The van der Waals surface area contributed by atoms with E-state index in [1.807, 2.05) is 12.1 Å². The fraction of sp³-hybridized carbons (Fsp3) is 0.176. The van der Waals surface area contributed by atoms with Gasteiger partial charge < -0.3 is 14.5 Å². The van der Waals surface area contributed by atoms with Gasteiger partial charge in [-0.15, -0.1) is 0 Å². The van der Waals surface area contributed by atoms with Gasteiger partial charge in [0.25, 0.3) is 0 Å². The molecule has 0 aromatic heterocycles. The van der Waals surface area contributed by atoms with Crippen LogP contribution in [0.3, 0.4) is 0 Å². The van der Waals surface area contributed by atoms with E-state index in [1.165, 1.54) is 17.4 Å². The molecule has 0 aliphatic rings. The van der Waals surface area contributed by atoms with Crippen LogP contribution in [0.1, 0.15) is 6.92 Å². The van der Waals surface area contributed by atoms with Gasteiger partial charge in [0.05, 0.1) is 12.9 Å². The Hall–Kier alpha value is -1.91. The van der Waals surface area contributed by atoms with Crippen molar-refractivity contribution in [2.45, 2.75) is 6.92 Å². The molecule has 2 N–H and O–H groups in total. The van der Waals surface area contributed by atoms with Crippen LogP contribution >= 0.6 is 7.82 Å². The molecule has 0 aliphatic carbocycles. The highest BCUT2D eigenvalue weighted by atomic mass is 31.2. The number of rotatable bonds is 6. The van der Waals surface area contributed by atoms with Crippen LogP contribution in [0.25, 0.3) is 11.1 Å². The maximum Gasteiger partial charge on any atom is 0.469 e. The Morgan fingerprint density at radius 3 is 1.78 bits per heavy atom. The fourth-order valence-electron chi connectivity index (χ4n) is 1.63. The highest BCUT2D eigenvalue weighted by Crippen LogP contribution is 2.35. The van der Waals surface area contributed by atoms with Crippen molar-refractivity contribution in [2.75, 3.05) is 13.2 Å². The Labute approximate surface area is 136 Å². The zero-order chi connectivity index (χ0) is 17.0. The summed E-state index contributed by atoms with van der Waals surface area (Å²) in [6.45, 7) is 1.79. The Kier molecular flexibility index (Phi) is 8.95. The molecule has 0 bridgehead atoms. The van der Waals surface area contributed by atoms with E-state index in [2.05, 4.69) is 53.1 Å². The molecule has 5 nitrogen and oxygen atoms in total. The average Bonchev–Trinajstić information content (AvgIpc) is 2.56. The summed E-state index contributed by atoms with van der Waals surface area (Å²) in [5.74, 6) is 0. The van der Waals surface area contributed by atoms with Crippen molar-refractivity contribution in [3.8, 4) is 11.1 Å². The van der Waals surface area contributed by atoms with Gasteiger partial charge >= 0.3 is 7.82 Å². The molecule has 0 spiro atoms. The Morgan fingerprint density at radius 1 is 0.913 bits per heavy atom. The van der Waals surface area contributed by atoms with E-state index in [1.54, 1.807) is 13.0 Å². The van der Waals surface area contributed by atoms with E-state index in [-0.39, 0.29) is 13.2 Å². The summed E-state index contributed by atoms with van der Waals surface area (Å²) in [7, 11) is -4.32. The number of ether oxygens (including phenoxy) is 1. The van der Waals surface area contributed by atoms with Crippen LogP contribution in [0.2, 0.25) is 0 Å². The monoisotopic (exact) mass is 336 g/mol. The summed E-state index contributed by atoms with van der Waals surface area (Å²) in [5, 5.41) is 0. The first-order chi connectivity index (χ1) is 11.0. The summed E-state index contributed by atoms with van der Waals surface area (Å²) in [5.41, 5.74) is 2.55. The third-order valence-corrected chi connectivity index (χ3v) is 3.09. The van der Waals surface area contributed by atoms with Crippen LogP contribution in [-0.2, 0) is 13.8 Å². The smallest absolute Gasteiger partial charge is 0.469 e. The van der Waals surface area contributed by atoms with Crippen molar-refractivity contribution >= 4 is 7.82 Å². The van der Waals surface area contributed by atoms with Gasteiger partial charge in [0.15, 0.2) is 0 Å². The molecule has 23 heavy (non-hydrogen) atoms. The SMILES string of the molecule is CC=COCCOP(=O)(O)O.c1ccc(-c2ccccc2)cc1. The number of phosphoric ester groups is 1. The second kappa shape index (κ2) is 10.8. The van der Waals surface area contributed by atoms with Gasteiger partial charge in [0, 0.05) is 0 Å². The predicted molar refractivity (Wildman–Crippen MR) is 90.6 cm³/mol. The lowest BCUT2D eigenvalue weighted by Gasteiger charge is -2.03. The number of benzene rings is 2. The second-order valence-corrected chi connectivity index (χ2v) is 5.64. The highest BCUT2D eigenvalue weighted by Gasteiger charge is 2.12. The van der Waals surface area contributed by atoms with Gasteiger partial charge in [0.1, 0.15) is 6.61 Å². The molecule has 0 saturated heterocycles. The van der Waals surface area contributed by atoms with E-state index in [0.29, 0.717) is 0 Å². The Bertz CT molecular complexity index is 570. The quantitative estimate of drug-likeness (QED) is 0.474. The van der Waals surface area contributed by atoms with E-state index in [9.17, 15) is 4.57 Å². The van der Waals surface area contributed by atoms with Gasteiger partial charge in [-0.1, -0.05) is 66.7 Å². The minimum Gasteiger partial charge on any atom is -0.499 e. The standard InChI is InChI=1S/C12H10.C5H11O5P/c1-3-7-11(8-4-1)12-9-5-2-6-10-12;1-2-3-9-4-5-10-11(6,7)8/h1-10H;2-3H,4-5H2,1H3,(H2,6,7,8). The second-order valence-electron chi connectivity index (χ2n) is 4.40. The maximum atomic E-state index is 10.1. The first-order valence-electron chi connectivity index (χ1n) is 7.06. The average molecular weight is 336 g/mol. The molecule has 124 valence electrons. The van der Waals surface area contributed by atoms with Crippen molar-refractivity contribution in [1.82, 2.24) is 0 Å². The van der Waals surface area contributed by atoms with Crippen LogP contribution in [0.4, 0.5) is 0 Å². The third kappa shape index (κ3) is 9.66. The zero-order valence-corrected chi connectivity index (χ0v) is 13.8. The molecule has 0 heterocycles. The molecule has 2 rings (SSSR count). The number of phosphoric acid groups is 1. The van der Waals surface area contributed by atoms with Crippen molar-refractivity contribution < 1.29 is 23.6 Å². The molecule has 0 amide bonds. The highest BCUT2D eigenvalue weighted by molar-refractivity contribution is 7.46. The normalized spacial score (nSPS) is 10.9. The molecule has 0 saturated carbocycles. The van der Waals surface area contributed by atoms with E-state index < -0.39 is 7.82 Å². The van der Waals surface area contributed by atoms with Gasteiger partial charge in [-0.05, 0) is 18.1 Å². The first kappa shape index (κ1) is 19.1. The molecule has 0 fully saturated rings. The van der Waals surface area contributed by atoms with Crippen molar-refractivity contribution in [3.05, 3.63) is 73.0 Å². The number of hydrogen-bond acceptors (Lipinski definition) is 3. The van der Waals surface area contributed by atoms with Crippen molar-refractivity contribution in [3.63, 3.8) is 0 Å². The lowest BCUT2D eigenvalue weighted by molar-refractivity contribution is 0.140. The van der Waals surface area contributed by atoms with Gasteiger partial charge in [-0.3, -0.25) is 4.52 Å². The molecule has 0 aliphatic heterocycles. The number of allylic oxidation sites excluding steroid dienone is 1. The number of hydrogen-bond donors (Lipinski definition) is 2. The first-order valence-corrected chi connectivity index (χ1v) is 8.59. The summed E-state index contributed by atoms with van der Waals surface area (Å²) in [4.78, 5) is 16.4. The lowest BCUT2D eigenvalue weighted by atomic mass is 10.1. The Balaban J connectivity index is 0.000000232. The fourth-order valence-corrected chi connectivity index (χ4v) is 1.94. The summed E-state index contributed by atoms with van der Waals surface area (Å²) < 4.78 is 18.9. The summed E-state index contributed by atoms with van der Waals surface area (Å²) >= 11 is 0. The van der Waals surface area contributed by atoms with Crippen LogP contribution in [0, 0.1) is 0 Å². The van der Waals surface area contributed by atoms with Crippen LogP contribution in [0.5, 0.6) is 0 Å². The molecule has 0 atom stereocenters. The third-order valence-electron chi connectivity index (χ3n) is 2.57. The molecular formula is C17H21O5P. The van der Waals surface area contributed by atoms with E-state index in [4.69, 9.17) is 14.5 Å². The van der Waals surface area contributed by atoms with Gasteiger partial charge in [-0.2, -0.15) is 0 Å². The van der Waals surface area contributed by atoms with Crippen molar-refractivity contribution in [1.29, 1.82) is 0 Å². The molecular weight excluding hydrogens is 315 g/mol. The zero-order valence-electron chi connectivity index (χ0n) is 12.9. The minimum atomic E-state index is -4.32. The van der Waals surface area contributed by atoms with Crippen LogP contribution in [0.15, 0.2) is 73.0 Å². The molecule has 2 aromatic carbocycles. The Morgan fingerprint density at radius 2 is 1.39 bits per heavy atom. The lowest BCUT2D eigenvalue weighted by Crippen LogP contribution is -1.98. The van der Waals surface area contributed by atoms with Gasteiger partial charge in [0.2, 0.25) is 0 Å². The van der Waals surface area contributed by atoms with Crippen LogP contribution in [-0.4, -0.2) is 23.0 Å². The molecule has 0 radical (unpaired) electrons. The largest absolute Gasteiger partial charge is 0.499 e.